The topological polar surface area (TPSA) is 51.2 Å². The van der Waals surface area contributed by atoms with Crippen molar-refractivity contribution in [1.29, 1.82) is 0 Å². The summed E-state index contributed by atoms with van der Waals surface area (Å²) in [6, 6.07) is 23.8. The van der Waals surface area contributed by atoms with Crippen LogP contribution in [0.5, 0.6) is 5.75 Å². The first-order valence-corrected chi connectivity index (χ1v) is 9.43. The van der Waals surface area contributed by atoms with Gasteiger partial charge in [-0.2, -0.15) is 0 Å². The van der Waals surface area contributed by atoms with Crippen molar-refractivity contribution in [1.82, 2.24) is 4.98 Å². The minimum Gasteiger partial charge on any atom is -0.494 e. The molecule has 1 N–H and O–H groups in total. The molecule has 4 rings (SSSR count). The molecular formula is C22H18N2O2S. The van der Waals surface area contributed by atoms with Crippen molar-refractivity contribution in [2.75, 3.05) is 12.4 Å². The summed E-state index contributed by atoms with van der Waals surface area (Å²) in [7, 11) is 1.63. The predicted octanol–water partition coefficient (Wildman–Crippen LogP) is 5.15. The van der Waals surface area contributed by atoms with E-state index in [1.165, 1.54) is 11.3 Å². The molecule has 5 heteroatoms. The average molecular weight is 374 g/mol. The SMILES string of the molecule is COc1ccc(-c2ccccc2)c2sc(NC(=O)Cc3ccccc3)nc12. The van der Waals surface area contributed by atoms with Crippen LogP contribution in [0.2, 0.25) is 0 Å². The Kier molecular flexibility index (Phi) is 4.85. The van der Waals surface area contributed by atoms with E-state index in [2.05, 4.69) is 22.4 Å². The van der Waals surface area contributed by atoms with E-state index >= 15 is 0 Å². The van der Waals surface area contributed by atoms with Gasteiger partial charge >= 0.3 is 0 Å². The Balaban J connectivity index is 1.67. The van der Waals surface area contributed by atoms with Crippen molar-refractivity contribution in [3.05, 3.63) is 78.4 Å². The highest BCUT2D eigenvalue weighted by Gasteiger charge is 2.15. The maximum atomic E-state index is 12.4. The number of amides is 1. The third kappa shape index (κ3) is 3.68. The summed E-state index contributed by atoms with van der Waals surface area (Å²) in [5.41, 5.74) is 3.92. The van der Waals surface area contributed by atoms with E-state index < -0.39 is 0 Å². The van der Waals surface area contributed by atoms with Gasteiger partial charge in [0.05, 0.1) is 18.2 Å². The van der Waals surface area contributed by atoms with Crippen LogP contribution >= 0.6 is 11.3 Å². The third-order valence-electron chi connectivity index (χ3n) is 4.27. The monoisotopic (exact) mass is 374 g/mol. The zero-order valence-corrected chi connectivity index (χ0v) is 15.6. The van der Waals surface area contributed by atoms with Crippen molar-refractivity contribution in [2.45, 2.75) is 6.42 Å². The van der Waals surface area contributed by atoms with Gasteiger partial charge in [0.1, 0.15) is 11.3 Å². The van der Waals surface area contributed by atoms with Crippen molar-refractivity contribution in [3.63, 3.8) is 0 Å². The van der Waals surface area contributed by atoms with Gasteiger partial charge in [0.15, 0.2) is 5.13 Å². The van der Waals surface area contributed by atoms with Crippen molar-refractivity contribution in [2.24, 2.45) is 0 Å². The molecule has 0 atom stereocenters. The summed E-state index contributed by atoms with van der Waals surface area (Å²) in [4.78, 5) is 17.0. The lowest BCUT2D eigenvalue weighted by Gasteiger charge is -2.05. The highest BCUT2D eigenvalue weighted by molar-refractivity contribution is 7.23. The molecule has 0 unspecified atom stereocenters. The molecule has 27 heavy (non-hydrogen) atoms. The zero-order chi connectivity index (χ0) is 18.6. The van der Waals surface area contributed by atoms with Gasteiger partial charge in [-0.1, -0.05) is 72.0 Å². The molecule has 3 aromatic carbocycles. The van der Waals surface area contributed by atoms with Crippen LogP contribution in [0, 0.1) is 0 Å². The van der Waals surface area contributed by atoms with Crippen molar-refractivity contribution >= 4 is 32.6 Å². The lowest BCUT2D eigenvalue weighted by atomic mass is 10.1. The Hall–Kier alpha value is -3.18. The molecule has 1 heterocycles. The number of fused-ring (bicyclic) bond motifs is 1. The number of aromatic nitrogens is 1. The normalized spacial score (nSPS) is 10.7. The quantitative estimate of drug-likeness (QED) is 0.525. The fourth-order valence-electron chi connectivity index (χ4n) is 2.99. The van der Waals surface area contributed by atoms with Gasteiger partial charge in [-0.15, -0.1) is 0 Å². The second-order valence-electron chi connectivity index (χ2n) is 6.09. The number of thiazole rings is 1. The van der Waals surface area contributed by atoms with Crippen molar-refractivity contribution in [3.8, 4) is 16.9 Å². The molecule has 0 fully saturated rings. The number of hydrogen-bond acceptors (Lipinski definition) is 4. The molecule has 0 saturated heterocycles. The lowest BCUT2D eigenvalue weighted by molar-refractivity contribution is -0.115. The summed E-state index contributed by atoms with van der Waals surface area (Å²) >= 11 is 1.46. The number of carbonyl (C=O) groups is 1. The van der Waals surface area contributed by atoms with E-state index in [1.54, 1.807) is 7.11 Å². The smallest absolute Gasteiger partial charge is 0.230 e. The minimum atomic E-state index is -0.0829. The van der Waals surface area contributed by atoms with E-state index in [0.717, 1.165) is 26.9 Å². The Morgan fingerprint density at radius 3 is 2.41 bits per heavy atom. The Bertz CT molecular complexity index is 1080. The molecule has 1 amide bonds. The Morgan fingerprint density at radius 1 is 1.00 bits per heavy atom. The van der Waals surface area contributed by atoms with Crippen LogP contribution in [-0.2, 0) is 11.2 Å². The molecule has 0 aliphatic heterocycles. The van der Waals surface area contributed by atoms with Crippen LogP contribution < -0.4 is 10.1 Å². The summed E-state index contributed by atoms with van der Waals surface area (Å²) in [6.45, 7) is 0. The first kappa shape index (κ1) is 17.2. The number of anilines is 1. The first-order chi connectivity index (χ1) is 13.2. The number of nitrogens with zero attached hydrogens (tertiary/aromatic N) is 1. The fourth-order valence-corrected chi connectivity index (χ4v) is 4.03. The molecule has 4 nitrogen and oxygen atoms in total. The number of hydrogen-bond donors (Lipinski definition) is 1. The summed E-state index contributed by atoms with van der Waals surface area (Å²) in [5, 5.41) is 3.50. The largest absolute Gasteiger partial charge is 0.494 e. The summed E-state index contributed by atoms with van der Waals surface area (Å²) in [5.74, 6) is 0.616. The van der Waals surface area contributed by atoms with Gasteiger partial charge in [-0.3, -0.25) is 4.79 Å². The van der Waals surface area contributed by atoms with E-state index in [9.17, 15) is 4.79 Å². The molecule has 0 aliphatic carbocycles. The summed E-state index contributed by atoms with van der Waals surface area (Å²) < 4.78 is 6.46. The molecule has 134 valence electrons. The van der Waals surface area contributed by atoms with E-state index in [4.69, 9.17) is 4.74 Å². The molecule has 0 radical (unpaired) electrons. The van der Waals surface area contributed by atoms with Crippen LogP contribution in [-0.4, -0.2) is 18.0 Å². The van der Waals surface area contributed by atoms with Crippen LogP contribution in [0.15, 0.2) is 72.8 Å². The van der Waals surface area contributed by atoms with Crippen LogP contribution in [0.3, 0.4) is 0 Å². The van der Waals surface area contributed by atoms with Crippen LogP contribution in [0.1, 0.15) is 5.56 Å². The fraction of sp³-hybridized carbons (Fsp3) is 0.0909. The Morgan fingerprint density at radius 2 is 1.70 bits per heavy atom. The summed E-state index contributed by atoms with van der Waals surface area (Å²) in [6.07, 6.45) is 0.319. The molecule has 0 bridgehead atoms. The molecule has 0 aliphatic rings. The highest BCUT2D eigenvalue weighted by Crippen LogP contribution is 2.39. The lowest BCUT2D eigenvalue weighted by Crippen LogP contribution is -2.14. The second kappa shape index (κ2) is 7.60. The molecule has 4 aromatic rings. The Labute approximate surface area is 161 Å². The van der Waals surface area contributed by atoms with E-state index in [0.29, 0.717) is 17.3 Å². The van der Waals surface area contributed by atoms with Gasteiger partial charge in [-0.05, 0) is 23.3 Å². The molecular weight excluding hydrogens is 356 g/mol. The number of methoxy groups -OCH3 is 1. The van der Waals surface area contributed by atoms with Crippen LogP contribution in [0.4, 0.5) is 5.13 Å². The number of ether oxygens (including phenoxy) is 1. The average Bonchev–Trinajstić information content (AvgIpc) is 3.12. The zero-order valence-electron chi connectivity index (χ0n) is 14.8. The van der Waals surface area contributed by atoms with Gasteiger partial charge in [0.25, 0.3) is 0 Å². The van der Waals surface area contributed by atoms with Gasteiger partial charge < -0.3 is 10.1 Å². The standard InChI is InChI=1S/C22H18N2O2S/c1-26-18-13-12-17(16-10-6-3-7-11-16)21-20(18)24-22(27-21)23-19(25)14-15-8-4-2-5-9-15/h2-13H,14H2,1H3,(H,23,24,25). The minimum absolute atomic E-state index is 0.0829. The van der Waals surface area contributed by atoms with Crippen LogP contribution in [0.25, 0.3) is 21.3 Å². The van der Waals surface area contributed by atoms with Gasteiger partial charge in [-0.25, -0.2) is 4.98 Å². The number of rotatable bonds is 5. The highest BCUT2D eigenvalue weighted by atomic mass is 32.1. The first-order valence-electron chi connectivity index (χ1n) is 8.61. The maximum Gasteiger partial charge on any atom is 0.230 e. The van der Waals surface area contributed by atoms with E-state index in [1.807, 2.05) is 60.7 Å². The van der Waals surface area contributed by atoms with Gasteiger partial charge in [0.2, 0.25) is 5.91 Å². The maximum absolute atomic E-state index is 12.4. The number of benzene rings is 3. The molecule has 0 spiro atoms. The molecule has 0 saturated carbocycles. The predicted molar refractivity (Wildman–Crippen MR) is 110 cm³/mol. The van der Waals surface area contributed by atoms with Gasteiger partial charge in [0, 0.05) is 5.56 Å². The van der Waals surface area contributed by atoms with E-state index in [-0.39, 0.29) is 5.91 Å². The number of nitrogens with one attached hydrogen (secondary N) is 1. The van der Waals surface area contributed by atoms with Crippen molar-refractivity contribution < 1.29 is 9.53 Å². The number of carbonyl (C=O) groups excluding carboxylic acids is 1. The molecule has 1 aromatic heterocycles. The third-order valence-corrected chi connectivity index (χ3v) is 5.27. The second-order valence-corrected chi connectivity index (χ2v) is 7.09.